The second kappa shape index (κ2) is 4.50. The van der Waals surface area contributed by atoms with Crippen molar-refractivity contribution in [3.8, 4) is 11.1 Å². The van der Waals surface area contributed by atoms with Crippen molar-refractivity contribution in [3.05, 3.63) is 59.7 Å². The zero-order valence-electron chi connectivity index (χ0n) is 9.77. The molecule has 0 aliphatic heterocycles. The summed E-state index contributed by atoms with van der Waals surface area (Å²) in [5, 5.41) is 0. The molecule has 0 bridgehead atoms. The predicted octanol–water partition coefficient (Wildman–Crippen LogP) is 3.68. The van der Waals surface area contributed by atoms with Crippen LogP contribution in [0.25, 0.3) is 11.1 Å². The predicted molar refractivity (Wildman–Crippen MR) is 69.2 cm³/mol. The van der Waals surface area contributed by atoms with Crippen molar-refractivity contribution in [2.75, 3.05) is 0 Å². The van der Waals surface area contributed by atoms with Gasteiger partial charge in [-0.15, -0.1) is 0 Å². The van der Waals surface area contributed by atoms with Crippen LogP contribution < -0.4 is 5.73 Å². The first-order valence-electron chi connectivity index (χ1n) is 5.59. The average Bonchev–Trinajstić information content (AvgIpc) is 2.30. The van der Waals surface area contributed by atoms with Crippen LogP contribution >= 0.6 is 0 Å². The fourth-order valence-corrected chi connectivity index (χ4v) is 1.75. The van der Waals surface area contributed by atoms with Crippen LogP contribution in [0.15, 0.2) is 48.5 Å². The molecule has 0 saturated carbocycles. The summed E-state index contributed by atoms with van der Waals surface area (Å²) in [5.74, 6) is 0. The summed E-state index contributed by atoms with van der Waals surface area (Å²) < 4.78 is 0. The molecule has 0 heterocycles. The summed E-state index contributed by atoms with van der Waals surface area (Å²) in [6, 6.07) is 17.1. The van der Waals surface area contributed by atoms with Crippen molar-refractivity contribution in [1.82, 2.24) is 0 Å². The number of nitrogens with two attached hydrogens (primary N) is 1. The van der Waals surface area contributed by atoms with Gasteiger partial charge in [-0.05, 0) is 36.6 Å². The zero-order chi connectivity index (χ0) is 11.5. The van der Waals surface area contributed by atoms with E-state index in [2.05, 4.69) is 55.5 Å². The quantitative estimate of drug-likeness (QED) is 0.805. The Kier molecular flexibility index (Phi) is 3.07. The Labute approximate surface area is 96.9 Å². The molecule has 0 radical (unpaired) electrons. The molecule has 2 aromatic rings. The maximum absolute atomic E-state index is 5.88. The van der Waals surface area contributed by atoms with E-state index in [-0.39, 0.29) is 6.04 Å². The lowest BCUT2D eigenvalue weighted by Crippen LogP contribution is -2.04. The number of hydrogen-bond acceptors (Lipinski definition) is 1. The largest absolute Gasteiger partial charge is 0.324 e. The highest BCUT2D eigenvalue weighted by atomic mass is 14.6. The number of benzene rings is 2. The van der Waals surface area contributed by atoms with E-state index in [0.717, 1.165) is 0 Å². The molecule has 0 amide bonds. The summed E-state index contributed by atoms with van der Waals surface area (Å²) in [5.41, 5.74) is 10.8. The van der Waals surface area contributed by atoms with E-state index in [4.69, 9.17) is 5.73 Å². The van der Waals surface area contributed by atoms with E-state index >= 15 is 0 Å². The summed E-state index contributed by atoms with van der Waals surface area (Å²) in [7, 11) is 0. The zero-order valence-corrected chi connectivity index (χ0v) is 9.77. The van der Waals surface area contributed by atoms with Crippen molar-refractivity contribution in [2.45, 2.75) is 19.9 Å². The van der Waals surface area contributed by atoms with E-state index in [1.807, 2.05) is 6.92 Å². The minimum Gasteiger partial charge on any atom is -0.324 e. The molecule has 0 saturated heterocycles. The molecule has 1 atom stereocenters. The van der Waals surface area contributed by atoms with E-state index in [9.17, 15) is 0 Å². The third-order valence-electron chi connectivity index (χ3n) is 2.80. The molecule has 2 aromatic carbocycles. The summed E-state index contributed by atoms with van der Waals surface area (Å²) in [6.45, 7) is 4.11. The van der Waals surface area contributed by atoms with Crippen molar-refractivity contribution >= 4 is 0 Å². The monoisotopic (exact) mass is 211 g/mol. The van der Waals surface area contributed by atoms with E-state index in [0.29, 0.717) is 0 Å². The molecule has 0 fully saturated rings. The number of hydrogen-bond donors (Lipinski definition) is 1. The summed E-state index contributed by atoms with van der Waals surface area (Å²) >= 11 is 0. The van der Waals surface area contributed by atoms with Gasteiger partial charge in [0.1, 0.15) is 0 Å². The van der Waals surface area contributed by atoms with Gasteiger partial charge < -0.3 is 5.73 Å². The van der Waals surface area contributed by atoms with Gasteiger partial charge in [0.2, 0.25) is 0 Å². The lowest BCUT2D eigenvalue weighted by atomic mass is 10.00. The maximum atomic E-state index is 5.88. The van der Waals surface area contributed by atoms with Crippen LogP contribution in [0, 0.1) is 6.92 Å². The van der Waals surface area contributed by atoms with Crippen molar-refractivity contribution in [2.24, 2.45) is 5.73 Å². The van der Waals surface area contributed by atoms with Crippen LogP contribution in [0.1, 0.15) is 24.1 Å². The van der Waals surface area contributed by atoms with Gasteiger partial charge in [0.05, 0.1) is 0 Å². The van der Waals surface area contributed by atoms with Crippen molar-refractivity contribution < 1.29 is 0 Å². The minimum atomic E-state index is 0.0883. The van der Waals surface area contributed by atoms with E-state index < -0.39 is 0 Å². The normalized spacial score (nSPS) is 12.4. The van der Waals surface area contributed by atoms with Gasteiger partial charge in [0.25, 0.3) is 0 Å². The van der Waals surface area contributed by atoms with Gasteiger partial charge in [-0.2, -0.15) is 0 Å². The fraction of sp³-hybridized carbons (Fsp3) is 0.200. The molecule has 0 aliphatic rings. The summed E-state index contributed by atoms with van der Waals surface area (Å²) in [6.07, 6.45) is 0. The van der Waals surface area contributed by atoms with Gasteiger partial charge in [0.15, 0.2) is 0 Å². The van der Waals surface area contributed by atoms with Crippen LogP contribution in [0.5, 0.6) is 0 Å². The minimum absolute atomic E-state index is 0.0883. The van der Waals surface area contributed by atoms with Gasteiger partial charge in [-0.1, -0.05) is 48.0 Å². The van der Waals surface area contributed by atoms with Gasteiger partial charge in [0, 0.05) is 6.04 Å². The molecular formula is C15H17N. The van der Waals surface area contributed by atoms with Crippen LogP contribution in [-0.2, 0) is 0 Å². The molecule has 1 nitrogen and oxygen atoms in total. The Morgan fingerprint density at radius 1 is 0.938 bits per heavy atom. The third kappa shape index (κ3) is 2.31. The fourth-order valence-electron chi connectivity index (χ4n) is 1.75. The number of rotatable bonds is 2. The average molecular weight is 211 g/mol. The second-order valence-corrected chi connectivity index (χ2v) is 4.28. The Morgan fingerprint density at radius 3 is 2.25 bits per heavy atom. The molecule has 1 heteroatoms. The maximum Gasteiger partial charge on any atom is 0.0266 e. The highest BCUT2D eigenvalue weighted by Crippen LogP contribution is 2.22. The first kappa shape index (κ1) is 10.9. The Balaban J connectivity index is 2.40. The standard InChI is InChI=1S/C15H17N/c1-11-6-8-13(9-7-11)15-5-3-4-14(10-15)12(2)16/h3-10,12H,16H2,1-2H3. The Hall–Kier alpha value is -1.60. The Morgan fingerprint density at radius 2 is 1.62 bits per heavy atom. The molecule has 82 valence electrons. The van der Waals surface area contributed by atoms with Crippen LogP contribution in [0.4, 0.5) is 0 Å². The summed E-state index contributed by atoms with van der Waals surface area (Å²) in [4.78, 5) is 0. The molecular weight excluding hydrogens is 194 g/mol. The third-order valence-corrected chi connectivity index (χ3v) is 2.80. The molecule has 2 rings (SSSR count). The molecule has 0 aromatic heterocycles. The molecule has 2 N–H and O–H groups in total. The number of aryl methyl sites for hydroxylation is 1. The SMILES string of the molecule is Cc1ccc(-c2cccc(C(C)N)c2)cc1. The molecule has 1 unspecified atom stereocenters. The molecule has 16 heavy (non-hydrogen) atoms. The van der Waals surface area contributed by atoms with Gasteiger partial charge >= 0.3 is 0 Å². The van der Waals surface area contributed by atoms with Crippen LogP contribution in [0.2, 0.25) is 0 Å². The Bertz CT molecular complexity index is 469. The highest BCUT2D eigenvalue weighted by molar-refractivity contribution is 5.64. The molecule has 0 aliphatic carbocycles. The smallest absolute Gasteiger partial charge is 0.0266 e. The molecule has 0 spiro atoms. The second-order valence-electron chi connectivity index (χ2n) is 4.28. The first-order valence-corrected chi connectivity index (χ1v) is 5.59. The highest BCUT2D eigenvalue weighted by Gasteiger charge is 2.02. The topological polar surface area (TPSA) is 26.0 Å². The van der Waals surface area contributed by atoms with Crippen LogP contribution in [0.3, 0.4) is 0 Å². The van der Waals surface area contributed by atoms with Gasteiger partial charge in [-0.3, -0.25) is 0 Å². The first-order chi connectivity index (χ1) is 7.66. The van der Waals surface area contributed by atoms with E-state index in [1.165, 1.54) is 22.3 Å². The lowest BCUT2D eigenvalue weighted by Gasteiger charge is -2.08. The van der Waals surface area contributed by atoms with E-state index in [1.54, 1.807) is 0 Å². The van der Waals surface area contributed by atoms with Gasteiger partial charge in [-0.25, -0.2) is 0 Å². The van der Waals surface area contributed by atoms with Crippen LogP contribution in [-0.4, -0.2) is 0 Å². The van der Waals surface area contributed by atoms with Crippen molar-refractivity contribution in [3.63, 3.8) is 0 Å². The lowest BCUT2D eigenvalue weighted by molar-refractivity contribution is 0.819. The van der Waals surface area contributed by atoms with Crippen molar-refractivity contribution in [1.29, 1.82) is 0 Å².